The number of nitrogens with one attached hydrogen (secondary N) is 2. The van der Waals surface area contributed by atoms with Gasteiger partial charge in [-0.05, 0) is 37.3 Å². The molecule has 0 saturated carbocycles. The minimum absolute atomic E-state index is 0.00607. The molecule has 1 aromatic rings. The molecule has 1 aliphatic heterocycles. The van der Waals surface area contributed by atoms with E-state index in [1.165, 1.54) is 6.07 Å². The van der Waals surface area contributed by atoms with E-state index >= 15 is 0 Å². The van der Waals surface area contributed by atoms with E-state index in [1.807, 2.05) is 6.92 Å². The number of nitrogens with zero attached hydrogens (tertiary/aromatic N) is 1. The lowest BCUT2D eigenvalue weighted by Gasteiger charge is -2.21. The molecule has 2 rings (SSSR count). The Bertz CT molecular complexity index is 570. The van der Waals surface area contributed by atoms with Crippen LogP contribution in [0, 0.1) is 16.0 Å². The van der Waals surface area contributed by atoms with Crippen LogP contribution in [0.4, 0.5) is 17.1 Å². The van der Waals surface area contributed by atoms with Crippen LogP contribution in [0.25, 0.3) is 0 Å². The number of carbonyl (C=O) groups excluding carboxylic acids is 1. The Kier molecular flexibility index (Phi) is 4.45. The lowest BCUT2D eigenvalue weighted by molar-refractivity contribution is -0.383. The summed E-state index contributed by atoms with van der Waals surface area (Å²) in [6.07, 6.45) is 1.98. The van der Waals surface area contributed by atoms with Gasteiger partial charge in [-0.2, -0.15) is 0 Å². The quantitative estimate of drug-likeness (QED) is 0.643. The van der Waals surface area contributed by atoms with Gasteiger partial charge in [0.2, 0.25) is 5.91 Å². The van der Waals surface area contributed by atoms with Crippen LogP contribution < -0.4 is 10.6 Å². The molecule has 114 valence electrons. The van der Waals surface area contributed by atoms with Crippen LogP contribution in [0.5, 0.6) is 0 Å². The molecule has 21 heavy (non-hydrogen) atoms. The average molecular weight is 291 g/mol. The minimum atomic E-state index is -0.411. The summed E-state index contributed by atoms with van der Waals surface area (Å²) in [6.45, 7) is 6.26. The second-order valence-electron chi connectivity index (χ2n) is 6.01. The average Bonchev–Trinajstić information content (AvgIpc) is 2.37. The van der Waals surface area contributed by atoms with Gasteiger partial charge >= 0.3 is 0 Å². The molecule has 1 aromatic carbocycles. The van der Waals surface area contributed by atoms with Crippen LogP contribution in [-0.4, -0.2) is 16.9 Å². The highest BCUT2D eigenvalue weighted by atomic mass is 16.6. The van der Waals surface area contributed by atoms with E-state index in [1.54, 1.807) is 6.07 Å². The van der Waals surface area contributed by atoms with Gasteiger partial charge in [-0.3, -0.25) is 14.9 Å². The Labute approximate surface area is 124 Å². The molecule has 1 unspecified atom stereocenters. The van der Waals surface area contributed by atoms with E-state index in [9.17, 15) is 14.9 Å². The van der Waals surface area contributed by atoms with Crippen molar-refractivity contribution in [3.8, 4) is 0 Å². The van der Waals surface area contributed by atoms with Gasteiger partial charge in [0.25, 0.3) is 5.69 Å². The Balaban J connectivity index is 2.31. The van der Waals surface area contributed by atoms with Crippen LogP contribution in [0.3, 0.4) is 0 Å². The van der Waals surface area contributed by atoms with Gasteiger partial charge < -0.3 is 10.6 Å². The molecule has 1 atom stereocenters. The van der Waals surface area contributed by atoms with Gasteiger partial charge in [-0.1, -0.05) is 13.8 Å². The summed E-state index contributed by atoms with van der Waals surface area (Å²) >= 11 is 0. The fraction of sp³-hybridized carbons (Fsp3) is 0.533. The zero-order valence-electron chi connectivity index (χ0n) is 12.6. The first-order valence-electron chi connectivity index (χ1n) is 7.24. The van der Waals surface area contributed by atoms with Crippen molar-refractivity contribution in [1.29, 1.82) is 0 Å². The highest BCUT2D eigenvalue weighted by Gasteiger charge is 2.23. The molecule has 1 aliphatic rings. The van der Waals surface area contributed by atoms with Gasteiger partial charge in [-0.25, -0.2) is 0 Å². The maximum absolute atomic E-state index is 11.4. The van der Waals surface area contributed by atoms with Crippen molar-refractivity contribution in [2.75, 3.05) is 10.6 Å². The van der Waals surface area contributed by atoms with Gasteiger partial charge in [0.15, 0.2) is 0 Å². The Morgan fingerprint density at radius 3 is 2.67 bits per heavy atom. The Morgan fingerprint density at radius 2 is 2.05 bits per heavy atom. The van der Waals surface area contributed by atoms with Crippen molar-refractivity contribution in [1.82, 2.24) is 0 Å². The molecule has 6 heteroatoms. The molecule has 0 aromatic heterocycles. The number of rotatable bonds is 5. The molecule has 1 amide bonds. The van der Waals surface area contributed by atoms with Crippen LogP contribution in [0.2, 0.25) is 0 Å². The number of nitro groups is 1. The number of aryl methyl sites for hydroxylation is 1. The fourth-order valence-corrected chi connectivity index (χ4v) is 2.72. The summed E-state index contributed by atoms with van der Waals surface area (Å²) in [5, 5.41) is 17.2. The van der Waals surface area contributed by atoms with Crippen LogP contribution in [-0.2, 0) is 11.2 Å². The number of carbonyl (C=O) groups is 1. The molecule has 0 aliphatic carbocycles. The number of benzene rings is 1. The predicted octanol–water partition coefficient (Wildman–Crippen LogP) is 3.33. The maximum Gasteiger partial charge on any atom is 0.294 e. The molecule has 2 N–H and O–H groups in total. The summed E-state index contributed by atoms with van der Waals surface area (Å²) in [7, 11) is 0. The topological polar surface area (TPSA) is 84.3 Å². The SMILES string of the molecule is CC(C)CC(C)Nc1cc2c(cc1[N+](=O)[O-])NC(=O)CC2. The van der Waals surface area contributed by atoms with E-state index in [2.05, 4.69) is 24.5 Å². The zero-order chi connectivity index (χ0) is 15.6. The van der Waals surface area contributed by atoms with E-state index in [-0.39, 0.29) is 17.6 Å². The standard InChI is InChI=1S/C15H21N3O3/c1-9(2)6-10(3)16-13-7-11-4-5-15(19)17-12(11)8-14(13)18(20)21/h7-10,16H,4-6H2,1-3H3,(H,17,19). The maximum atomic E-state index is 11.4. The number of amides is 1. The minimum Gasteiger partial charge on any atom is -0.377 e. The lowest BCUT2D eigenvalue weighted by atomic mass is 10.00. The van der Waals surface area contributed by atoms with E-state index in [4.69, 9.17) is 0 Å². The van der Waals surface area contributed by atoms with Crippen molar-refractivity contribution in [2.45, 2.75) is 46.1 Å². The molecular formula is C15H21N3O3. The fourth-order valence-electron chi connectivity index (χ4n) is 2.72. The van der Waals surface area contributed by atoms with Crippen LogP contribution in [0.1, 0.15) is 39.2 Å². The van der Waals surface area contributed by atoms with Crippen molar-refractivity contribution < 1.29 is 9.72 Å². The third-order valence-corrected chi connectivity index (χ3v) is 3.54. The second-order valence-corrected chi connectivity index (χ2v) is 6.01. The molecule has 6 nitrogen and oxygen atoms in total. The summed E-state index contributed by atoms with van der Waals surface area (Å²) in [6, 6.07) is 3.40. The van der Waals surface area contributed by atoms with Crippen LogP contribution in [0.15, 0.2) is 12.1 Å². The van der Waals surface area contributed by atoms with Crippen LogP contribution >= 0.6 is 0 Å². The van der Waals surface area contributed by atoms with Gasteiger partial charge in [0.1, 0.15) is 5.69 Å². The highest BCUT2D eigenvalue weighted by molar-refractivity contribution is 5.95. The Hall–Kier alpha value is -2.11. The van der Waals surface area contributed by atoms with Crippen molar-refractivity contribution >= 4 is 23.0 Å². The summed E-state index contributed by atoms with van der Waals surface area (Å²) in [5.41, 5.74) is 2.04. The first kappa shape index (κ1) is 15.3. The molecule has 0 fully saturated rings. The first-order chi connectivity index (χ1) is 9.86. The molecule has 0 spiro atoms. The van der Waals surface area contributed by atoms with Crippen molar-refractivity contribution in [3.63, 3.8) is 0 Å². The lowest BCUT2D eigenvalue weighted by Crippen LogP contribution is -2.21. The highest BCUT2D eigenvalue weighted by Crippen LogP contribution is 2.34. The van der Waals surface area contributed by atoms with Crippen molar-refractivity contribution in [2.24, 2.45) is 5.92 Å². The third-order valence-electron chi connectivity index (χ3n) is 3.54. The number of anilines is 2. The third kappa shape index (κ3) is 3.71. The molecular weight excluding hydrogens is 270 g/mol. The summed E-state index contributed by atoms with van der Waals surface area (Å²) in [5.74, 6) is 0.425. The monoisotopic (exact) mass is 291 g/mol. The second kappa shape index (κ2) is 6.11. The number of fused-ring (bicyclic) bond motifs is 1. The normalized spacial score (nSPS) is 15.3. The molecule has 0 saturated heterocycles. The molecule has 0 radical (unpaired) electrons. The zero-order valence-corrected chi connectivity index (χ0v) is 12.6. The smallest absolute Gasteiger partial charge is 0.294 e. The number of hydrogen-bond donors (Lipinski definition) is 2. The van der Waals surface area contributed by atoms with Gasteiger partial charge in [0.05, 0.1) is 10.6 Å². The van der Waals surface area contributed by atoms with E-state index in [0.717, 1.165) is 12.0 Å². The first-order valence-corrected chi connectivity index (χ1v) is 7.24. The largest absolute Gasteiger partial charge is 0.377 e. The van der Waals surface area contributed by atoms with E-state index < -0.39 is 4.92 Å². The molecule has 0 bridgehead atoms. The van der Waals surface area contributed by atoms with Crippen molar-refractivity contribution in [3.05, 3.63) is 27.8 Å². The molecule has 1 heterocycles. The number of nitro benzene ring substituents is 1. The summed E-state index contributed by atoms with van der Waals surface area (Å²) < 4.78 is 0. The summed E-state index contributed by atoms with van der Waals surface area (Å²) in [4.78, 5) is 22.2. The van der Waals surface area contributed by atoms with E-state index in [0.29, 0.717) is 30.1 Å². The predicted molar refractivity (Wildman–Crippen MR) is 82.6 cm³/mol. The van der Waals surface area contributed by atoms with Gasteiger partial charge in [-0.15, -0.1) is 0 Å². The van der Waals surface area contributed by atoms with Gasteiger partial charge in [0, 0.05) is 18.5 Å². The Morgan fingerprint density at radius 1 is 1.33 bits per heavy atom. The number of hydrogen-bond acceptors (Lipinski definition) is 4.